The van der Waals surface area contributed by atoms with Crippen LogP contribution in [-0.4, -0.2) is 10.2 Å². The number of aromatic nitrogens is 2. The number of nitrogens with zero attached hydrogens (tertiary/aromatic N) is 2. The second kappa shape index (κ2) is 5.13. The lowest BCUT2D eigenvalue weighted by Crippen LogP contribution is -1.95. The third kappa shape index (κ3) is 2.53. The molecule has 1 heterocycles. The summed E-state index contributed by atoms with van der Waals surface area (Å²) < 4.78 is 7.00. The minimum Gasteiger partial charge on any atom is -0.437 e. The normalized spacial score (nSPS) is 10.6. The lowest BCUT2D eigenvalue weighted by molar-refractivity contribution is 0.461. The minimum absolute atomic E-state index is 0.544. The molecule has 0 bridgehead atoms. The zero-order chi connectivity index (χ0) is 13.2. The van der Waals surface area contributed by atoms with Crippen molar-refractivity contribution in [2.45, 2.75) is 6.92 Å². The van der Waals surface area contributed by atoms with E-state index in [-0.39, 0.29) is 0 Å². The van der Waals surface area contributed by atoms with Gasteiger partial charge in [-0.2, -0.15) is 5.10 Å². The minimum atomic E-state index is 0.544. The molecule has 0 aliphatic heterocycles. The van der Waals surface area contributed by atoms with Crippen LogP contribution >= 0.6 is 22.6 Å². The summed E-state index contributed by atoms with van der Waals surface area (Å²) >= 11 is 2.26. The smallest absolute Gasteiger partial charge is 0.246 e. The average molecular weight is 362 g/mol. The molecule has 0 atom stereocenters. The molecule has 94 valence electrons. The lowest BCUT2D eigenvalue weighted by Gasteiger charge is -2.08. The van der Waals surface area contributed by atoms with Crippen LogP contribution in [-0.2, 0) is 0 Å². The summed E-state index contributed by atoms with van der Waals surface area (Å²) in [4.78, 5) is 0. The van der Waals surface area contributed by atoms with Crippen LogP contribution in [0.5, 0.6) is 11.6 Å². The molecular weight excluding hydrogens is 351 g/mol. The Bertz CT molecular complexity index is 726. The van der Waals surface area contributed by atoms with Gasteiger partial charge in [0.25, 0.3) is 0 Å². The average Bonchev–Trinajstić information content (AvgIpc) is 2.45. The van der Waals surface area contributed by atoms with Gasteiger partial charge in [0.05, 0.1) is 5.69 Å². The second-order valence-electron chi connectivity index (χ2n) is 4.19. The number of fused-ring (bicyclic) bond motifs is 1. The summed E-state index contributed by atoms with van der Waals surface area (Å²) in [5.41, 5.74) is 0.908. The number of hydrogen-bond donors (Lipinski definition) is 0. The number of rotatable bonds is 2. The molecule has 0 amide bonds. The van der Waals surface area contributed by atoms with Gasteiger partial charge in [0.2, 0.25) is 5.88 Å². The molecule has 1 aromatic heterocycles. The molecule has 4 heteroatoms. The molecule has 0 spiro atoms. The van der Waals surface area contributed by atoms with Crippen molar-refractivity contribution in [3.63, 3.8) is 0 Å². The van der Waals surface area contributed by atoms with Gasteiger partial charge in [0.15, 0.2) is 0 Å². The molecule has 0 saturated heterocycles. The van der Waals surface area contributed by atoms with Crippen LogP contribution in [0.15, 0.2) is 48.5 Å². The Labute approximate surface area is 124 Å². The Morgan fingerprint density at radius 2 is 1.58 bits per heavy atom. The van der Waals surface area contributed by atoms with Crippen LogP contribution in [0, 0.1) is 10.5 Å². The maximum atomic E-state index is 5.82. The molecule has 0 unspecified atom stereocenters. The zero-order valence-electron chi connectivity index (χ0n) is 10.3. The first-order valence-electron chi connectivity index (χ1n) is 5.89. The first-order chi connectivity index (χ1) is 9.24. The Morgan fingerprint density at radius 3 is 2.32 bits per heavy atom. The van der Waals surface area contributed by atoms with E-state index in [0.717, 1.165) is 22.2 Å². The molecule has 3 nitrogen and oxygen atoms in total. The van der Waals surface area contributed by atoms with E-state index in [1.165, 1.54) is 3.57 Å². The van der Waals surface area contributed by atoms with E-state index in [1.807, 2.05) is 55.5 Å². The summed E-state index contributed by atoms with van der Waals surface area (Å²) in [6.07, 6.45) is 0. The predicted molar refractivity (Wildman–Crippen MR) is 83.5 cm³/mol. The summed E-state index contributed by atoms with van der Waals surface area (Å²) in [6, 6.07) is 15.9. The van der Waals surface area contributed by atoms with E-state index in [0.29, 0.717) is 5.88 Å². The number of aryl methyl sites for hydroxylation is 1. The van der Waals surface area contributed by atoms with Crippen LogP contribution in [0.1, 0.15) is 5.69 Å². The van der Waals surface area contributed by atoms with Crippen LogP contribution in [0.3, 0.4) is 0 Å². The van der Waals surface area contributed by atoms with Gasteiger partial charge in [-0.3, -0.25) is 0 Å². The molecule has 0 aliphatic carbocycles. The van der Waals surface area contributed by atoms with Crippen LogP contribution in [0.4, 0.5) is 0 Å². The fourth-order valence-electron chi connectivity index (χ4n) is 1.90. The third-order valence-electron chi connectivity index (χ3n) is 2.87. The Balaban J connectivity index is 2.06. The van der Waals surface area contributed by atoms with E-state index >= 15 is 0 Å². The summed E-state index contributed by atoms with van der Waals surface area (Å²) in [5.74, 6) is 1.31. The van der Waals surface area contributed by atoms with E-state index in [9.17, 15) is 0 Å². The highest BCUT2D eigenvalue weighted by Gasteiger charge is 2.08. The number of halogens is 1. The van der Waals surface area contributed by atoms with Crippen LogP contribution < -0.4 is 4.74 Å². The summed E-state index contributed by atoms with van der Waals surface area (Å²) in [6.45, 7) is 1.95. The highest BCUT2D eigenvalue weighted by Crippen LogP contribution is 2.28. The van der Waals surface area contributed by atoms with Gasteiger partial charge in [-0.05, 0) is 59.8 Å². The van der Waals surface area contributed by atoms with E-state index < -0.39 is 0 Å². The quantitative estimate of drug-likeness (QED) is 0.637. The van der Waals surface area contributed by atoms with Crippen molar-refractivity contribution in [3.8, 4) is 11.6 Å². The van der Waals surface area contributed by atoms with Crippen molar-refractivity contribution >= 4 is 33.4 Å². The van der Waals surface area contributed by atoms with E-state index in [2.05, 4.69) is 32.8 Å². The fraction of sp³-hybridized carbons (Fsp3) is 0.0667. The van der Waals surface area contributed by atoms with Crippen molar-refractivity contribution in [1.82, 2.24) is 10.2 Å². The molecule has 0 radical (unpaired) electrons. The lowest BCUT2D eigenvalue weighted by atomic mass is 10.1. The second-order valence-corrected chi connectivity index (χ2v) is 5.44. The summed E-state index contributed by atoms with van der Waals surface area (Å²) in [5, 5.41) is 10.3. The van der Waals surface area contributed by atoms with Crippen molar-refractivity contribution < 1.29 is 4.74 Å². The highest BCUT2D eigenvalue weighted by molar-refractivity contribution is 14.1. The largest absolute Gasteiger partial charge is 0.437 e. The molecule has 0 N–H and O–H groups in total. The molecule has 2 aromatic carbocycles. The molecule has 0 fully saturated rings. The van der Waals surface area contributed by atoms with Crippen LogP contribution in [0.25, 0.3) is 10.8 Å². The topological polar surface area (TPSA) is 35.0 Å². The zero-order valence-corrected chi connectivity index (χ0v) is 12.5. The SMILES string of the molecule is Cc1nnc(Oc2ccc(I)cc2)c2ccccc12. The monoisotopic (exact) mass is 362 g/mol. The van der Waals surface area contributed by atoms with E-state index in [1.54, 1.807) is 0 Å². The molecule has 19 heavy (non-hydrogen) atoms. The maximum Gasteiger partial charge on any atom is 0.246 e. The van der Waals surface area contributed by atoms with E-state index in [4.69, 9.17) is 4.74 Å². The van der Waals surface area contributed by atoms with Crippen molar-refractivity contribution in [2.24, 2.45) is 0 Å². The number of hydrogen-bond acceptors (Lipinski definition) is 3. The Kier molecular flexibility index (Phi) is 3.33. The third-order valence-corrected chi connectivity index (χ3v) is 3.59. The molecule has 3 rings (SSSR count). The van der Waals surface area contributed by atoms with Gasteiger partial charge >= 0.3 is 0 Å². The standard InChI is InChI=1S/C15H11IN2O/c1-10-13-4-2-3-5-14(13)15(18-17-10)19-12-8-6-11(16)7-9-12/h2-9H,1H3. The number of ether oxygens (including phenoxy) is 1. The predicted octanol–water partition coefficient (Wildman–Crippen LogP) is 4.34. The molecule has 3 aromatic rings. The van der Waals surface area contributed by atoms with Gasteiger partial charge in [-0.25, -0.2) is 0 Å². The van der Waals surface area contributed by atoms with Gasteiger partial charge in [0.1, 0.15) is 5.75 Å². The maximum absolute atomic E-state index is 5.82. The van der Waals surface area contributed by atoms with Crippen LogP contribution in [0.2, 0.25) is 0 Å². The molecule has 0 aliphatic rings. The first kappa shape index (κ1) is 12.3. The molecular formula is C15H11IN2O. The summed E-state index contributed by atoms with van der Waals surface area (Å²) in [7, 11) is 0. The molecule has 0 saturated carbocycles. The van der Waals surface area contributed by atoms with Crippen molar-refractivity contribution in [1.29, 1.82) is 0 Å². The number of benzene rings is 2. The Morgan fingerprint density at radius 1 is 0.895 bits per heavy atom. The Hall–Kier alpha value is -1.69. The highest BCUT2D eigenvalue weighted by atomic mass is 127. The first-order valence-corrected chi connectivity index (χ1v) is 6.97. The van der Waals surface area contributed by atoms with Gasteiger partial charge < -0.3 is 4.74 Å². The van der Waals surface area contributed by atoms with Gasteiger partial charge in [0, 0.05) is 14.3 Å². The fourth-order valence-corrected chi connectivity index (χ4v) is 2.26. The van der Waals surface area contributed by atoms with Gasteiger partial charge in [-0.1, -0.05) is 18.2 Å². The van der Waals surface area contributed by atoms with Gasteiger partial charge in [-0.15, -0.1) is 5.10 Å². The van der Waals surface area contributed by atoms with Crippen molar-refractivity contribution in [3.05, 3.63) is 57.8 Å². The van der Waals surface area contributed by atoms with Crippen molar-refractivity contribution in [2.75, 3.05) is 0 Å².